The zero-order valence-corrected chi connectivity index (χ0v) is 11.9. The minimum Gasteiger partial charge on any atom is -0.478 e. The van der Waals surface area contributed by atoms with Gasteiger partial charge in [-0.15, -0.1) is 0 Å². The number of hydrogen-bond donors (Lipinski definition) is 2. The van der Waals surface area contributed by atoms with Gasteiger partial charge in [0, 0.05) is 38.2 Å². The molecule has 0 aromatic carbocycles. The first kappa shape index (κ1) is 14.8. The monoisotopic (exact) mass is 291 g/mol. The van der Waals surface area contributed by atoms with E-state index in [9.17, 15) is 9.59 Å². The number of nitrogens with one attached hydrogen (secondary N) is 1. The minimum absolute atomic E-state index is 0.0692. The first-order valence-corrected chi connectivity index (χ1v) is 6.52. The number of carboxylic acids is 1. The maximum atomic E-state index is 11.9. The fourth-order valence-electron chi connectivity index (χ4n) is 1.96. The normalized spacial score (nSPS) is 10.6. The SMILES string of the molecule is Cc1ccnn1CCCNC(=O)c1nn(C)cc1C(=O)O. The molecule has 2 rings (SSSR count). The highest BCUT2D eigenvalue weighted by molar-refractivity contribution is 6.03. The summed E-state index contributed by atoms with van der Waals surface area (Å²) in [4.78, 5) is 23.0. The van der Waals surface area contributed by atoms with Crippen molar-refractivity contribution in [1.29, 1.82) is 0 Å². The molecule has 2 heterocycles. The number of hydrogen-bond acceptors (Lipinski definition) is 4. The van der Waals surface area contributed by atoms with Gasteiger partial charge in [-0.25, -0.2) is 4.79 Å². The molecule has 8 nitrogen and oxygen atoms in total. The molecule has 21 heavy (non-hydrogen) atoms. The summed E-state index contributed by atoms with van der Waals surface area (Å²) >= 11 is 0. The van der Waals surface area contributed by atoms with Crippen LogP contribution in [-0.2, 0) is 13.6 Å². The second-order valence-corrected chi connectivity index (χ2v) is 4.68. The topological polar surface area (TPSA) is 102 Å². The van der Waals surface area contributed by atoms with Crippen LogP contribution in [0.3, 0.4) is 0 Å². The van der Waals surface area contributed by atoms with E-state index in [2.05, 4.69) is 15.5 Å². The molecule has 0 unspecified atom stereocenters. The van der Waals surface area contributed by atoms with Gasteiger partial charge in [-0.3, -0.25) is 14.2 Å². The standard InChI is InChI=1S/C13H17N5O3/c1-9-4-6-15-18(9)7-3-5-14-12(19)11-10(13(20)21)8-17(2)16-11/h4,6,8H,3,5,7H2,1-2H3,(H,14,19)(H,20,21). The average molecular weight is 291 g/mol. The van der Waals surface area contributed by atoms with Crippen LogP contribution in [0.25, 0.3) is 0 Å². The first-order valence-electron chi connectivity index (χ1n) is 6.52. The molecule has 0 saturated heterocycles. The Morgan fingerprint density at radius 3 is 2.81 bits per heavy atom. The summed E-state index contributed by atoms with van der Waals surface area (Å²) in [5, 5.41) is 19.7. The zero-order valence-electron chi connectivity index (χ0n) is 11.9. The Bertz CT molecular complexity index is 659. The van der Waals surface area contributed by atoms with Gasteiger partial charge in [0.2, 0.25) is 0 Å². The van der Waals surface area contributed by atoms with Gasteiger partial charge in [0.15, 0.2) is 5.69 Å². The second-order valence-electron chi connectivity index (χ2n) is 4.68. The van der Waals surface area contributed by atoms with Crippen molar-refractivity contribution in [2.45, 2.75) is 19.9 Å². The van der Waals surface area contributed by atoms with Crippen LogP contribution in [0.4, 0.5) is 0 Å². The lowest BCUT2D eigenvalue weighted by Crippen LogP contribution is -2.27. The Hall–Kier alpha value is -2.64. The minimum atomic E-state index is -1.17. The highest BCUT2D eigenvalue weighted by Gasteiger charge is 2.20. The maximum absolute atomic E-state index is 11.9. The number of nitrogens with zero attached hydrogens (tertiary/aromatic N) is 4. The molecular weight excluding hydrogens is 274 g/mol. The van der Waals surface area contributed by atoms with Gasteiger partial charge in [0.05, 0.1) is 0 Å². The van der Waals surface area contributed by atoms with E-state index >= 15 is 0 Å². The van der Waals surface area contributed by atoms with Gasteiger partial charge in [0.1, 0.15) is 5.56 Å². The maximum Gasteiger partial charge on any atom is 0.339 e. The van der Waals surface area contributed by atoms with Crippen molar-refractivity contribution >= 4 is 11.9 Å². The molecule has 0 spiro atoms. The van der Waals surface area contributed by atoms with E-state index < -0.39 is 11.9 Å². The highest BCUT2D eigenvalue weighted by atomic mass is 16.4. The van der Waals surface area contributed by atoms with Crippen LogP contribution < -0.4 is 5.32 Å². The van der Waals surface area contributed by atoms with E-state index in [-0.39, 0.29) is 11.3 Å². The van der Waals surface area contributed by atoms with Crippen molar-refractivity contribution in [2.75, 3.05) is 6.54 Å². The molecule has 2 N–H and O–H groups in total. The number of rotatable bonds is 6. The molecular formula is C13H17N5O3. The molecule has 2 aromatic rings. The number of aromatic nitrogens is 4. The van der Waals surface area contributed by atoms with Crippen LogP contribution in [0, 0.1) is 6.92 Å². The lowest BCUT2D eigenvalue weighted by molar-refractivity contribution is 0.0691. The molecule has 0 atom stereocenters. The van der Waals surface area contributed by atoms with Crippen LogP contribution in [0.2, 0.25) is 0 Å². The lowest BCUT2D eigenvalue weighted by Gasteiger charge is -2.06. The Morgan fingerprint density at radius 2 is 2.19 bits per heavy atom. The van der Waals surface area contributed by atoms with Crippen LogP contribution >= 0.6 is 0 Å². The van der Waals surface area contributed by atoms with E-state index in [0.29, 0.717) is 19.5 Å². The van der Waals surface area contributed by atoms with Crippen molar-refractivity contribution in [3.8, 4) is 0 Å². The third-order valence-electron chi connectivity index (χ3n) is 3.04. The summed E-state index contributed by atoms with van der Waals surface area (Å²) in [5.74, 6) is -1.65. The molecule has 0 radical (unpaired) electrons. The smallest absolute Gasteiger partial charge is 0.339 e. The lowest BCUT2D eigenvalue weighted by atomic mass is 10.2. The molecule has 0 fully saturated rings. The predicted octanol–water partition coefficient (Wildman–Crippen LogP) is 0.443. The number of aromatic carboxylic acids is 1. The van der Waals surface area contributed by atoms with Gasteiger partial charge in [-0.1, -0.05) is 0 Å². The van der Waals surface area contributed by atoms with Crippen LogP contribution in [-0.4, -0.2) is 43.1 Å². The van der Waals surface area contributed by atoms with Gasteiger partial charge in [-0.05, 0) is 19.4 Å². The highest BCUT2D eigenvalue weighted by Crippen LogP contribution is 2.06. The average Bonchev–Trinajstić information content (AvgIpc) is 3.01. The number of carbonyl (C=O) groups is 2. The third-order valence-corrected chi connectivity index (χ3v) is 3.04. The number of carbonyl (C=O) groups excluding carboxylic acids is 1. The van der Waals surface area contributed by atoms with Crippen molar-refractivity contribution in [1.82, 2.24) is 24.9 Å². The summed E-state index contributed by atoms with van der Waals surface area (Å²) in [6, 6.07) is 1.91. The van der Waals surface area contributed by atoms with E-state index in [1.807, 2.05) is 17.7 Å². The van der Waals surface area contributed by atoms with Crippen LogP contribution in [0.15, 0.2) is 18.5 Å². The Morgan fingerprint density at radius 1 is 1.43 bits per heavy atom. The van der Waals surface area contributed by atoms with Gasteiger partial charge in [0.25, 0.3) is 5.91 Å². The first-order chi connectivity index (χ1) is 9.99. The zero-order chi connectivity index (χ0) is 15.4. The fraction of sp³-hybridized carbons (Fsp3) is 0.385. The Labute approximate surface area is 121 Å². The number of aryl methyl sites for hydroxylation is 3. The number of carboxylic acid groups (broad SMARTS) is 1. The summed E-state index contributed by atoms with van der Waals surface area (Å²) in [5.41, 5.74) is 0.886. The molecule has 0 aliphatic carbocycles. The predicted molar refractivity (Wildman–Crippen MR) is 74.1 cm³/mol. The van der Waals surface area contributed by atoms with Crippen LogP contribution in [0.5, 0.6) is 0 Å². The summed E-state index contributed by atoms with van der Waals surface area (Å²) < 4.78 is 3.15. The molecule has 0 bridgehead atoms. The van der Waals surface area contributed by atoms with E-state index in [1.54, 1.807) is 13.2 Å². The van der Waals surface area contributed by atoms with E-state index in [4.69, 9.17) is 5.11 Å². The van der Waals surface area contributed by atoms with E-state index in [1.165, 1.54) is 10.9 Å². The molecule has 2 aromatic heterocycles. The van der Waals surface area contributed by atoms with Gasteiger partial charge >= 0.3 is 5.97 Å². The van der Waals surface area contributed by atoms with Crippen molar-refractivity contribution in [2.24, 2.45) is 7.05 Å². The number of amides is 1. The van der Waals surface area contributed by atoms with Crippen molar-refractivity contribution in [3.05, 3.63) is 35.4 Å². The third kappa shape index (κ3) is 3.47. The Balaban J connectivity index is 1.88. The van der Waals surface area contributed by atoms with Gasteiger partial charge < -0.3 is 10.4 Å². The van der Waals surface area contributed by atoms with E-state index in [0.717, 1.165) is 5.69 Å². The quantitative estimate of drug-likeness (QED) is 0.752. The second kappa shape index (κ2) is 6.21. The molecule has 8 heteroatoms. The molecule has 0 aliphatic rings. The van der Waals surface area contributed by atoms with Crippen molar-refractivity contribution < 1.29 is 14.7 Å². The van der Waals surface area contributed by atoms with Crippen LogP contribution in [0.1, 0.15) is 33.0 Å². The molecule has 0 aliphatic heterocycles. The summed E-state index contributed by atoms with van der Waals surface area (Å²) in [6.07, 6.45) is 3.73. The largest absolute Gasteiger partial charge is 0.478 e. The summed E-state index contributed by atoms with van der Waals surface area (Å²) in [6.45, 7) is 3.07. The van der Waals surface area contributed by atoms with Crippen molar-refractivity contribution in [3.63, 3.8) is 0 Å². The fourth-order valence-corrected chi connectivity index (χ4v) is 1.96. The molecule has 0 saturated carbocycles. The van der Waals surface area contributed by atoms with Gasteiger partial charge in [-0.2, -0.15) is 10.2 Å². The molecule has 112 valence electrons. The Kier molecular flexibility index (Phi) is 4.36. The summed E-state index contributed by atoms with van der Waals surface area (Å²) in [7, 11) is 1.57. The molecule has 1 amide bonds.